The van der Waals surface area contributed by atoms with Gasteiger partial charge in [-0.15, -0.1) is 0 Å². The van der Waals surface area contributed by atoms with Crippen molar-refractivity contribution in [2.75, 3.05) is 6.54 Å². The summed E-state index contributed by atoms with van der Waals surface area (Å²) in [5.74, 6) is -0.111. The molecule has 0 aromatic heterocycles. The van der Waals surface area contributed by atoms with Crippen LogP contribution in [0, 0.1) is 10.1 Å². The summed E-state index contributed by atoms with van der Waals surface area (Å²) in [4.78, 5) is 24.5. The molecule has 0 saturated carbocycles. The monoisotopic (exact) mass is 298 g/mol. The predicted octanol–water partition coefficient (Wildman–Crippen LogP) is 3.65. The van der Waals surface area contributed by atoms with Gasteiger partial charge < -0.3 is 4.90 Å². The molecule has 2 aromatic rings. The summed E-state index contributed by atoms with van der Waals surface area (Å²) in [6.07, 6.45) is 0.853. The molecule has 0 spiro atoms. The van der Waals surface area contributed by atoms with E-state index >= 15 is 0 Å². The molecule has 0 atom stereocenters. The topological polar surface area (TPSA) is 63.5 Å². The molecule has 2 aromatic carbocycles. The SMILES string of the molecule is CCCN(Cc1ccccc1)C(=O)c1ccc([N+](=O)[O-])cc1. The molecule has 0 saturated heterocycles. The van der Waals surface area contributed by atoms with Gasteiger partial charge in [0.15, 0.2) is 0 Å². The molecule has 5 nitrogen and oxygen atoms in total. The molecule has 0 aliphatic rings. The first-order valence-corrected chi connectivity index (χ1v) is 7.19. The smallest absolute Gasteiger partial charge is 0.269 e. The van der Waals surface area contributed by atoms with Crippen LogP contribution in [0.4, 0.5) is 5.69 Å². The van der Waals surface area contributed by atoms with Gasteiger partial charge in [0.1, 0.15) is 0 Å². The lowest BCUT2D eigenvalue weighted by Crippen LogP contribution is -2.31. The maximum Gasteiger partial charge on any atom is 0.269 e. The van der Waals surface area contributed by atoms with E-state index in [1.165, 1.54) is 24.3 Å². The Morgan fingerprint density at radius 3 is 2.27 bits per heavy atom. The molecule has 0 heterocycles. The molecular weight excluding hydrogens is 280 g/mol. The molecule has 22 heavy (non-hydrogen) atoms. The normalized spacial score (nSPS) is 10.2. The highest BCUT2D eigenvalue weighted by atomic mass is 16.6. The van der Waals surface area contributed by atoms with Crippen molar-refractivity contribution in [3.05, 3.63) is 75.8 Å². The fourth-order valence-corrected chi connectivity index (χ4v) is 2.23. The Labute approximate surface area is 129 Å². The molecule has 0 bridgehead atoms. The minimum Gasteiger partial charge on any atom is -0.334 e. The van der Waals surface area contributed by atoms with Crippen LogP contribution < -0.4 is 0 Å². The number of non-ortho nitro benzene ring substituents is 1. The average Bonchev–Trinajstić information content (AvgIpc) is 2.55. The van der Waals surface area contributed by atoms with Crippen molar-refractivity contribution in [3.63, 3.8) is 0 Å². The van der Waals surface area contributed by atoms with E-state index in [9.17, 15) is 14.9 Å². The molecule has 0 N–H and O–H groups in total. The minimum atomic E-state index is -0.470. The third-order valence-electron chi connectivity index (χ3n) is 3.32. The van der Waals surface area contributed by atoms with Crippen molar-refractivity contribution in [2.45, 2.75) is 19.9 Å². The lowest BCUT2D eigenvalue weighted by Gasteiger charge is -2.22. The van der Waals surface area contributed by atoms with Gasteiger partial charge in [-0.2, -0.15) is 0 Å². The molecule has 0 radical (unpaired) electrons. The molecule has 0 unspecified atom stereocenters. The van der Waals surface area contributed by atoms with Crippen LogP contribution in [0.25, 0.3) is 0 Å². The number of hydrogen-bond acceptors (Lipinski definition) is 3. The molecule has 0 aliphatic heterocycles. The Bertz CT molecular complexity index is 639. The van der Waals surface area contributed by atoms with Crippen molar-refractivity contribution >= 4 is 11.6 Å². The molecule has 2 rings (SSSR count). The van der Waals surface area contributed by atoms with Gasteiger partial charge in [-0.25, -0.2) is 0 Å². The summed E-state index contributed by atoms with van der Waals surface area (Å²) in [7, 11) is 0. The highest BCUT2D eigenvalue weighted by Gasteiger charge is 2.16. The molecular formula is C17H18N2O3. The first kappa shape index (κ1) is 15.7. The Balaban J connectivity index is 2.16. The van der Waals surface area contributed by atoms with Crippen LogP contribution in [0.15, 0.2) is 54.6 Å². The number of amides is 1. The van der Waals surface area contributed by atoms with E-state index in [2.05, 4.69) is 0 Å². The zero-order chi connectivity index (χ0) is 15.9. The van der Waals surface area contributed by atoms with Crippen molar-refractivity contribution in [1.82, 2.24) is 4.90 Å². The summed E-state index contributed by atoms with van der Waals surface area (Å²) in [5, 5.41) is 10.7. The van der Waals surface area contributed by atoms with Crippen LogP contribution in [0.5, 0.6) is 0 Å². The number of rotatable bonds is 6. The van der Waals surface area contributed by atoms with Crippen LogP contribution in [-0.4, -0.2) is 22.3 Å². The summed E-state index contributed by atoms with van der Waals surface area (Å²) < 4.78 is 0. The van der Waals surface area contributed by atoms with Gasteiger partial charge in [0, 0.05) is 30.8 Å². The predicted molar refractivity (Wildman–Crippen MR) is 84.6 cm³/mol. The Morgan fingerprint density at radius 1 is 1.09 bits per heavy atom. The van der Waals surface area contributed by atoms with Crippen molar-refractivity contribution in [1.29, 1.82) is 0 Å². The lowest BCUT2D eigenvalue weighted by molar-refractivity contribution is -0.384. The van der Waals surface area contributed by atoms with E-state index in [1.807, 2.05) is 37.3 Å². The van der Waals surface area contributed by atoms with Gasteiger partial charge in [0.25, 0.3) is 11.6 Å². The van der Waals surface area contributed by atoms with Crippen molar-refractivity contribution in [3.8, 4) is 0 Å². The molecule has 114 valence electrons. The maximum atomic E-state index is 12.6. The number of benzene rings is 2. The van der Waals surface area contributed by atoms with E-state index < -0.39 is 4.92 Å². The maximum absolute atomic E-state index is 12.6. The van der Waals surface area contributed by atoms with E-state index in [0.29, 0.717) is 18.7 Å². The molecule has 0 fully saturated rings. The number of carbonyl (C=O) groups is 1. The molecule has 0 aliphatic carbocycles. The van der Waals surface area contributed by atoms with Gasteiger partial charge in [-0.3, -0.25) is 14.9 Å². The van der Waals surface area contributed by atoms with Gasteiger partial charge >= 0.3 is 0 Å². The molecule has 5 heteroatoms. The van der Waals surface area contributed by atoms with Crippen molar-refractivity contribution in [2.24, 2.45) is 0 Å². The van der Waals surface area contributed by atoms with Gasteiger partial charge in [0.05, 0.1) is 4.92 Å². The second-order valence-electron chi connectivity index (χ2n) is 5.02. The van der Waals surface area contributed by atoms with Crippen molar-refractivity contribution < 1.29 is 9.72 Å². The highest BCUT2D eigenvalue weighted by Crippen LogP contribution is 2.15. The zero-order valence-electron chi connectivity index (χ0n) is 12.4. The number of carbonyl (C=O) groups excluding carboxylic acids is 1. The van der Waals surface area contributed by atoms with Crippen LogP contribution in [-0.2, 0) is 6.54 Å². The second kappa shape index (κ2) is 7.36. The Hall–Kier alpha value is -2.69. The first-order valence-electron chi connectivity index (χ1n) is 7.19. The minimum absolute atomic E-state index is 0.0124. The first-order chi connectivity index (χ1) is 10.6. The average molecular weight is 298 g/mol. The fraction of sp³-hybridized carbons (Fsp3) is 0.235. The lowest BCUT2D eigenvalue weighted by atomic mass is 10.1. The van der Waals surface area contributed by atoms with E-state index in [1.54, 1.807) is 4.90 Å². The van der Waals surface area contributed by atoms with Gasteiger partial charge in [0.2, 0.25) is 0 Å². The van der Waals surface area contributed by atoms with Crippen LogP contribution in [0.2, 0.25) is 0 Å². The number of nitro groups is 1. The Morgan fingerprint density at radius 2 is 1.73 bits per heavy atom. The van der Waals surface area contributed by atoms with Gasteiger partial charge in [-0.05, 0) is 24.1 Å². The largest absolute Gasteiger partial charge is 0.334 e. The summed E-state index contributed by atoms with van der Waals surface area (Å²) in [6.45, 7) is 3.19. The zero-order valence-corrected chi connectivity index (χ0v) is 12.4. The Kier molecular flexibility index (Phi) is 5.25. The van der Waals surface area contributed by atoms with Crippen LogP contribution in [0.1, 0.15) is 29.3 Å². The number of hydrogen-bond donors (Lipinski definition) is 0. The molecule has 1 amide bonds. The summed E-state index contributed by atoms with van der Waals surface area (Å²) in [6, 6.07) is 15.5. The van der Waals surface area contributed by atoms with Crippen LogP contribution >= 0.6 is 0 Å². The fourth-order valence-electron chi connectivity index (χ4n) is 2.23. The van der Waals surface area contributed by atoms with E-state index in [4.69, 9.17) is 0 Å². The highest BCUT2D eigenvalue weighted by molar-refractivity contribution is 5.94. The van der Waals surface area contributed by atoms with E-state index in [0.717, 1.165) is 12.0 Å². The quantitative estimate of drug-likeness (QED) is 0.604. The third-order valence-corrected chi connectivity index (χ3v) is 3.32. The van der Waals surface area contributed by atoms with E-state index in [-0.39, 0.29) is 11.6 Å². The number of nitro benzene ring substituents is 1. The second-order valence-corrected chi connectivity index (χ2v) is 5.02. The van der Waals surface area contributed by atoms with Crippen LogP contribution in [0.3, 0.4) is 0 Å². The summed E-state index contributed by atoms with van der Waals surface area (Å²) in [5.41, 5.74) is 1.52. The summed E-state index contributed by atoms with van der Waals surface area (Å²) >= 11 is 0. The van der Waals surface area contributed by atoms with Gasteiger partial charge in [-0.1, -0.05) is 37.3 Å². The number of nitrogens with zero attached hydrogens (tertiary/aromatic N) is 2. The standard InChI is InChI=1S/C17H18N2O3/c1-2-12-18(13-14-6-4-3-5-7-14)17(20)15-8-10-16(11-9-15)19(21)22/h3-11H,2,12-13H2,1H3. The third kappa shape index (κ3) is 3.91.